The maximum absolute atomic E-state index is 10.7. The number of aryl methyl sites for hydroxylation is 2. The van der Waals surface area contributed by atoms with E-state index in [1.54, 1.807) is 7.11 Å². The van der Waals surface area contributed by atoms with Crippen molar-refractivity contribution in [3.63, 3.8) is 0 Å². The van der Waals surface area contributed by atoms with Gasteiger partial charge >= 0.3 is 0 Å². The molecule has 0 aliphatic heterocycles. The van der Waals surface area contributed by atoms with E-state index in [9.17, 15) is 5.11 Å². The van der Waals surface area contributed by atoms with Gasteiger partial charge in [0.25, 0.3) is 0 Å². The van der Waals surface area contributed by atoms with Crippen LogP contribution in [0, 0.1) is 13.8 Å². The van der Waals surface area contributed by atoms with Crippen LogP contribution < -0.4 is 10.5 Å². The van der Waals surface area contributed by atoms with Crippen molar-refractivity contribution in [3.05, 3.63) is 64.7 Å². The molecule has 0 aromatic heterocycles. The second-order valence-corrected chi connectivity index (χ2v) is 5.41. The Hall–Kier alpha value is -1.84. The normalized spacial score (nSPS) is 13.8. The van der Waals surface area contributed by atoms with E-state index in [-0.39, 0.29) is 5.92 Å². The molecule has 0 aliphatic carbocycles. The monoisotopic (exact) mass is 285 g/mol. The van der Waals surface area contributed by atoms with Crippen molar-refractivity contribution in [2.75, 3.05) is 13.7 Å². The zero-order chi connectivity index (χ0) is 15.4. The zero-order valence-electron chi connectivity index (χ0n) is 12.8. The number of methoxy groups -OCH3 is 1. The number of aliphatic hydroxyl groups is 1. The third kappa shape index (κ3) is 3.43. The van der Waals surface area contributed by atoms with E-state index >= 15 is 0 Å². The molecule has 0 radical (unpaired) electrons. The van der Waals surface area contributed by atoms with E-state index in [1.165, 1.54) is 11.1 Å². The van der Waals surface area contributed by atoms with Crippen molar-refractivity contribution in [3.8, 4) is 5.75 Å². The number of nitrogens with two attached hydrogens (primary N) is 1. The zero-order valence-corrected chi connectivity index (χ0v) is 12.8. The summed E-state index contributed by atoms with van der Waals surface area (Å²) in [6.07, 6.45) is -0.646. The van der Waals surface area contributed by atoms with Gasteiger partial charge in [0.15, 0.2) is 0 Å². The van der Waals surface area contributed by atoms with Crippen LogP contribution in [0.3, 0.4) is 0 Å². The smallest absolute Gasteiger partial charge is 0.119 e. The Morgan fingerprint density at radius 3 is 2.43 bits per heavy atom. The first-order valence-electron chi connectivity index (χ1n) is 7.16. The van der Waals surface area contributed by atoms with E-state index in [0.29, 0.717) is 6.54 Å². The molecule has 2 unspecified atom stereocenters. The van der Waals surface area contributed by atoms with Crippen molar-refractivity contribution >= 4 is 0 Å². The fourth-order valence-corrected chi connectivity index (χ4v) is 2.50. The molecule has 0 amide bonds. The molecule has 0 heterocycles. The summed E-state index contributed by atoms with van der Waals surface area (Å²) in [5.74, 6) is 0.610. The minimum absolute atomic E-state index is 0.128. The van der Waals surface area contributed by atoms with Crippen LogP contribution in [0.4, 0.5) is 0 Å². The van der Waals surface area contributed by atoms with Crippen molar-refractivity contribution in [1.82, 2.24) is 0 Å². The first-order valence-corrected chi connectivity index (χ1v) is 7.16. The van der Waals surface area contributed by atoms with Gasteiger partial charge in [-0.1, -0.05) is 30.3 Å². The van der Waals surface area contributed by atoms with Gasteiger partial charge in [-0.2, -0.15) is 0 Å². The molecule has 0 fully saturated rings. The van der Waals surface area contributed by atoms with Gasteiger partial charge in [0.05, 0.1) is 13.2 Å². The lowest BCUT2D eigenvalue weighted by Gasteiger charge is -2.23. The molecule has 2 aromatic carbocycles. The van der Waals surface area contributed by atoms with Gasteiger partial charge in [-0.3, -0.25) is 0 Å². The lowest BCUT2D eigenvalue weighted by Crippen LogP contribution is -2.20. The summed E-state index contributed by atoms with van der Waals surface area (Å²) in [6.45, 7) is 4.54. The highest BCUT2D eigenvalue weighted by Gasteiger charge is 2.22. The Kier molecular flexibility index (Phi) is 4.99. The van der Waals surface area contributed by atoms with Gasteiger partial charge in [0.2, 0.25) is 0 Å². The van der Waals surface area contributed by atoms with Crippen LogP contribution in [0.2, 0.25) is 0 Å². The Morgan fingerprint density at radius 1 is 1.05 bits per heavy atom. The van der Waals surface area contributed by atoms with E-state index < -0.39 is 6.10 Å². The van der Waals surface area contributed by atoms with E-state index in [0.717, 1.165) is 16.9 Å². The molecule has 0 saturated heterocycles. The van der Waals surface area contributed by atoms with Crippen molar-refractivity contribution in [1.29, 1.82) is 0 Å². The fourth-order valence-electron chi connectivity index (χ4n) is 2.50. The number of aliphatic hydroxyl groups excluding tert-OH is 1. The molecule has 2 aromatic rings. The molecular weight excluding hydrogens is 262 g/mol. The van der Waals surface area contributed by atoms with Gasteiger partial charge in [0, 0.05) is 12.5 Å². The van der Waals surface area contributed by atoms with Crippen LogP contribution in [-0.4, -0.2) is 18.8 Å². The lowest BCUT2D eigenvalue weighted by molar-refractivity contribution is 0.147. The molecule has 112 valence electrons. The molecular formula is C18H23NO2. The molecule has 2 atom stereocenters. The number of rotatable bonds is 5. The van der Waals surface area contributed by atoms with Gasteiger partial charge in [0.1, 0.15) is 5.75 Å². The lowest BCUT2D eigenvalue weighted by atomic mass is 9.87. The largest absolute Gasteiger partial charge is 0.497 e. The molecule has 3 N–H and O–H groups in total. The average Bonchev–Trinajstić information content (AvgIpc) is 2.51. The van der Waals surface area contributed by atoms with Crippen molar-refractivity contribution < 1.29 is 9.84 Å². The minimum Gasteiger partial charge on any atom is -0.497 e. The summed E-state index contributed by atoms with van der Waals surface area (Å²) >= 11 is 0. The summed E-state index contributed by atoms with van der Waals surface area (Å²) in [5, 5.41) is 10.7. The van der Waals surface area contributed by atoms with Crippen LogP contribution in [0.25, 0.3) is 0 Å². The number of hydrogen-bond acceptors (Lipinski definition) is 3. The molecule has 3 nitrogen and oxygen atoms in total. The topological polar surface area (TPSA) is 55.5 Å². The van der Waals surface area contributed by atoms with E-state index in [4.69, 9.17) is 10.5 Å². The Bertz CT molecular complexity index is 610. The first-order chi connectivity index (χ1) is 10.1. The highest BCUT2D eigenvalue weighted by molar-refractivity contribution is 5.36. The molecule has 0 saturated carbocycles. The van der Waals surface area contributed by atoms with Crippen molar-refractivity contribution in [2.24, 2.45) is 5.73 Å². The molecule has 0 aliphatic rings. The second kappa shape index (κ2) is 6.74. The van der Waals surface area contributed by atoms with E-state index in [2.05, 4.69) is 26.0 Å². The predicted octanol–water partition coefficient (Wildman–Crippen LogP) is 3.09. The first kappa shape index (κ1) is 15.5. The predicted molar refractivity (Wildman–Crippen MR) is 85.7 cm³/mol. The Balaban J connectivity index is 2.32. The minimum atomic E-state index is -0.646. The van der Waals surface area contributed by atoms with Crippen LogP contribution in [0.1, 0.15) is 34.3 Å². The Morgan fingerprint density at radius 2 is 1.81 bits per heavy atom. The van der Waals surface area contributed by atoms with Crippen LogP contribution in [0.5, 0.6) is 5.75 Å². The maximum atomic E-state index is 10.7. The molecule has 3 heteroatoms. The van der Waals surface area contributed by atoms with Gasteiger partial charge in [-0.05, 0) is 48.2 Å². The number of benzene rings is 2. The second-order valence-electron chi connectivity index (χ2n) is 5.41. The molecule has 2 rings (SSSR count). The summed E-state index contributed by atoms with van der Waals surface area (Å²) in [4.78, 5) is 0. The molecule has 0 spiro atoms. The standard InChI is InChI=1S/C18H23NO2/c1-12-7-8-14(9-13(12)2)17(11-19)18(20)15-5-4-6-16(10-15)21-3/h4-10,17-18,20H,11,19H2,1-3H3. The quantitative estimate of drug-likeness (QED) is 0.887. The van der Waals surface area contributed by atoms with Gasteiger partial charge in [-0.25, -0.2) is 0 Å². The third-order valence-corrected chi connectivity index (χ3v) is 4.03. The Labute approximate surface area is 126 Å². The van der Waals surface area contributed by atoms with Crippen LogP contribution in [0.15, 0.2) is 42.5 Å². The number of ether oxygens (including phenoxy) is 1. The summed E-state index contributed by atoms with van der Waals surface area (Å²) in [7, 11) is 1.62. The summed E-state index contributed by atoms with van der Waals surface area (Å²) < 4.78 is 5.22. The van der Waals surface area contributed by atoms with Crippen molar-refractivity contribution in [2.45, 2.75) is 25.9 Å². The summed E-state index contributed by atoms with van der Waals surface area (Å²) in [6, 6.07) is 13.7. The fraction of sp³-hybridized carbons (Fsp3) is 0.333. The highest BCUT2D eigenvalue weighted by Crippen LogP contribution is 2.32. The van der Waals surface area contributed by atoms with Crippen LogP contribution in [-0.2, 0) is 0 Å². The SMILES string of the molecule is COc1cccc(C(O)C(CN)c2ccc(C)c(C)c2)c1. The van der Waals surface area contributed by atoms with Gasteiger partial charge < -0.3 is 15.6 Å². The van der Waals surface area contributed by atoms with Gasteiger partial charge in [-0.15, -0.1) is 0 Å². The highest BCUT2D eigenvalue weighted by atomic mass is 16.5. The van der Waals surface area contributed by atoms with E-state index in [1.807, 2.05) is 30.3 Å². The van der Waals surface area contributed by atoms with Crippen LogP contribution >= 0.6 is 0 Å². The summed E-state index contributed by atoms with van der Waals surface area (Å²) in [5.41, 5.74) is 10.3. The number of hydrogen-bond donors (Lipinski definition) is 2. The maximum Gasteiger partial charge on any atom is 0.119 e. The molecule has 21 heavy (non-hydrogen) atoms. The third-order valence-electron chi connectivity index (χ3n) is 4.03. The molecule has 0 bridgehead atoms. The average molecular weight is 285 g/mol.